The Kier molecular flexibility index (Phi) is 4.89. The van der Waals surface area contributed by atoms with E-state index in [1.807, 2.05) is 6.07 Å². The minimum absolute atomic E-state index is 0.0661. The zero-order chi connectivity index (χ0) is 15.2. The summed E-state index contributed by atoms with van der Waals surface area (Å²) in [6.45, 7) is 0. The predicted octanol–water partition coefficient (Wildman–Crippen LogP) is 2.92. The van der Waals surface area contributed by atoms with Crippen LogP contribution >= 0.6 is 11.8 Å². The maximum absolute atomic E-state index is 11.1. The number of nitrogens with zero attached hydrogens (tertiary/aromatic N) is 2. The predicted molar refractivity (Wildman–Crippen MR) is 79.1 cm³/mol. The Morgan fingerprint density at radius 3 is 2.62 bits per heavy atom. The highest BCUT2D eigenvalue weighted by Gasteiger charge is 2.18. The van der Waals surface area contributed by atoms with Crippen molar-refractivity contribution in [2.24, 2.45) is 0 Å². The van der Waals surface area contributed by atoms with E-state index in [9.17, 15) is 14.9 Å². The fourth-order valence-electron chi connectivity index (χ4n) is 1.66. The minimum atomic E-state index is -0.468. The Morgan fingerprint density at radius 1 is 1.29 bits per heavy atom. The molecular formula is C14H12N2O4S. The first kappa shape index (κ1) is 15.0. The Balaban J connectivity index is 2.36. The zero-order valence-corrected chi connectivity index (χ0v) is 12.0. The molecule has 0 aliphatic rings. The van der Waals surface area contributed by atoms with E-state index in [-0.39, 0.29) is 23.1 Å². The van der Waals surface area contributed by atoms with E-state index in [0.29, 0.717) is 10.6 Å². The van der Waals surface area contributed by atoms with Gasteiger partial charge < -0.3 is 4.74 Å². The Bertz CT molecular complexity index is 661. The lowest BCUT2D eigenvalue weighted by molar-refractivity contribution is -0.384. The molecule has 0 saturated carbocycles. The fourth-order valence-corrected chi connectivity index (χ4v) is 2.37. The van der Waals surface area contributed by atoms with Crippen LogP contribution in [-0.4, -0.2) is 28.7 Å². The molecule has 7 heteroatoms. The van der Waals surface area contributed by atoms with Gasteiger partial charge >= 0.3 is 5.97 Å². The summed E-state index contributed by atoms with van der Waals surface area (Å²) in [5.41, 5.74) is 0.879. The molecule has 0 bridgehead atoms. The number of carbonyl (C=O) groups is 1. The second-order valence-corrected chi connectivity index (χ2v) is 5.00. The van der Waals surface area contributed by atoms with Crippen LogP contribution < -0.4 is 0 Å². The van der Waals surface area contributed by atoms with Crippen LogP contribution in [0.2, 0.25) is 0 Å². The lowest BCUT2D eigenvalue weighted by Gasteiger charge is -2.05. The van der Waals surface area contributed by atoms with Gasteiger partial charge in [-0.3, -0.25) is 14.9 Å². The molecule has 0 aliphatic carbocycles. The first-order valence-corrected chi connectivity index (χ1v) is 7.01. The SMILES string of the molecule is COC(=O)CSc1ccc([N+](=O)[O-])c(-c2ccccc2)n1. The summed E-state index contributed by atoms with van der Waals surface area (Å²) in [5.74, 6) is -0.267. The van der Waals surface area contributed by atoms with Gasteiger partial charge in [0.05, 0.1) is 22.8 Å². The van der Waals surface area contributed by atoms with Gasteiger partial charge in [-0.25, -0.2) is 4.98 Å². The largest absolute Gasteiger partial charge is 0.468 e. The van der Waals surface area contributed by atoms with Crippen LogP contribution in [-0.2, 0) is 9.53 Å². The molecule has 2 aromatic rings. The third kappa shape index (κ3) is 3.79. The number of hydrogen-bond donors (Lipinski definition) is 0. The van der Waals surface area contributed by atoms with Gasteiger partial charge in [0, 0.05) is 11.6 Å². The van der Waals surface area contributed by atoms with E-state index in [1.165, 1.54) is 31.0 Å². The first-order valence-electron chi connectivity index (χ1n) is 6.02. The number of nitro groups is 1. The van der Waals surface area contributed by atoms with Gasteiger partial charge in [-0.05, 0) is 6.07 Å². The van der Waals surface area contributed by atoms with Gasteiger partial charge in [-0.15, -0.1) is 0 Å². The fraction of sp³-hybridized carbons (Fsp3) is 0.143. The van der Waals surface area contributed by atoms with Crippen molar-refractivity contribution < 1.29 is 14.5 Å². The molecule has 0 fully saturated rings. The summed E-state index contributed by atoms with van der Waals surface area (Å²) in [6, 6.07) is 11.8. The number of rotatable bonds is 5. The molecule has 1 aromatic heterocycles. The molecule has 0 unspecified atom stereocenters. The minimum Gasteiger partial charge on any atom is -0.468 e. The number of benzene rings is 1. The van der Waals surface area contributed by atoms with Crippen LogP contribution in [0.15, 0.2) is 47.5 Å². The highest BCUT2D eigenvalue weighted by molar-refractivity contribution is 7.99. The number of aromatic nitrogens is 1. The molecule has 2 rings (SSSR count). The Morgan fingerprint density at radius 2 is 2.00 bits per heavy atom. The third-order valence-corrected chi connectivity index (χ3v) is 3.56. The van der Waals surface area contributed by atoms with Crippen molar-refractivity contribution in [3.05, 3.63) is 52.6 Å². The van der Waals surface area contributed by atoms with E-state index in [0.717, 1.165) is 0 Å². The summed E-state index contributed by atoms with van der Waals surface area (Å²) in [4.78, 5) is 26.1. The van der Waals surface area contributed by atoms with Crippen LogP contribution in [0.5, 0.6) is 0 Å². The average molecular weight is 304 g/mol. The van der Waals surface area contributed by atoms with Crippen molar-refractivity contribution in [2.75, 3.05) is 12.9 Å². The van der Waals surface area contributed by atoms with E-state index in [4.69, 9.17) is 0 Å². The molecule has 1 aromatic carbocycles. The van der Waals surface area contributed by atoms with Crippen molar-refractivity contribution in [1.82, 2.24) is 4.98 Å². The zero-order valence-electron chi connectivity index (χ0n) is 11.2. The van der Waals surface area contributed by atoms with Crippen LogP contribution in [0.3, 0.4) is 0 Å². The second-order valence-electron chi connectivity index (χ2n) is 4.01. The molecule has 0 saturated heterocycles. The molecule has 0 N–H and O–H groups in total. The molecule has 0 spiro atoms. The molecule has 108 valence electrons. The number of thioether (sulfide) groups is 1. The number of methoxy groups -OCH3 is 1. The maximum atomic E-state index is 11.1. The van der Waals surface area contributed by atoms with Gasteiger partial charge in [-0.1, -0.05) is 42.1 Å². The molecule has 21 heavy (non-hydrogen) atoms. The lowest BCUT2D eigenvalue weighted by atomic mass is 10.1. The Labute approximate surface area is 125 Å². The lowest BCUT2D eigenvalue weighted by Crippen LogP contribution is -2.03. The normalized spacial score (nSPS) is 10.1. The topological polar surface area (TPSA) is 82.3 Å². The third-order valence-electron chi connectivity index (χ3n) is 2.66. The number of carbonyl (C=O) groups excluding carboxylic acids is 1. The molecule has 0 radical (unpaired) electrons. The van der Waals surface area contributed by atoms with E-state index in [2.05, 4.69) is 9.72 Å². The van der Waals surface area contributed by atoms with Crippen LogP contribution in [0.25, 0.3) is 11.3 Å². The molecule has 1 heterocycles. The number of pyridine rings is 1. The van der Waals surface area contributed by atoms with Crippen LogP contribution in [0.1, 0.15) is 0 Å². The van der Waals surface area contributed by atoms with Gasteiger partial charge in [-0.2, -0.15) is 0 Å². The molecule has 0 aliphatic heterocycles. The maximum Gasteiger partial charge on any atom is 0.316 e. The van der Waals surface area contributed by atoms with Gasteiger partial charge in [0.25, 0.3) is 5.69 Å². The number of ether oxygens (including phenoxy) is 1. The standard InChI is InChI=1S/C14H12N2O4S/c1-20-13(17)9-21-12-8-7-11(16(18)19)14(15-12)10-5-3-2-4-6-10/h2-8H,9H2,1H3. The molecule has 0 atom stereocenters. The van der Waals surface area contributed by atoms with Crippen molar-refractivity contribution in [1.29, 1.82) is 0 Å². The smallest absolute Gasteiger partial charge is 0.316 e. The van der Waals surface area contributed by atoms with Crippen LogP contribution in [0.4, 0.5) is 5.69 Å². The average Bonchev–Trinajstić information content (AvgIpc) is 2.53. The quantitative estimate of drug-likeness (QED) is 0.365. The van der Waals surface area contributed by atoms with E-state index >= 15 is 0 Å². The van der Waals surface area contributed by atoms with Gasteiger partial charge in [0.15, 0.2) is 0 Å². The molecular weight excluding hydrogens is 292 g/mol. The van der Waals surface area contributed by atoms with Crippen molar-refractivity contribution in [3.8, 4) is 11.3 Å². The number of hydrogen-bond acceptors (Lipinski definition) is 6. The summed E-state index contributed by atoms with van der Waals surface area (Å²) < 4.78 is 4.55. The summed E-state index contributed by atoms with van der Waals surface area (Å²) in [5, 5.41) is 11.6. The van der Waals surface area contributed by atoms with Gasteiger partial charge in [0.2, 0.25) is 0 Å². The van der Waals surface area contributed by atoms with Crippen molar-refractivity contribution in [3.63, 3.8) is 0 Å². The van der Waals surface area contributed by atoms with Crippen molar-refractivity contribution in [2.45, 2.75) is 5.03 Å². The summed E-state index contributed by atoms with van der Waals surface area (Å²) >= 11 is 1.17. The first-order chi connectivity index (χ1) is 10.1. The number of esters is 1. The highest BCUT2D eigenvalue weighted by atomic mass is 32.2. The van der Waals surface area contributed by atoms with Gasteiger partial charge in [0.1, 0.15) is 5.69 Å². The summed E-state index contributed by atoms with van der Waals surface area (Å²) in [6.07, 6.45) is 0. The highest BCUT2D eigenvalue weighted by Crippen LogP contribution is 2.30. The van der Waals surface area contributed by atoms with E-state index < -0.39 is 4.92 Å². The van der Waals surface area contributed by atoms with E-state index in [1.54, 1.807) is 24.3 Å². The molecule has 0 amide bonds. The van der Waals surface area contributed by atoms with Crippen LogP contribution in [0, 0.1) is 10.1 Å². The molecule has 6 nitrogen and oxygen atoms in total. The second kappa shape index (κ2) is 6.85. The summed E-state index contributed by atoms with van der Waals surface area (Å²) in [7, 11) is 1.31. The monoisotopic (exact) mass is 304 g/mol. The Hall–Kier alpha value is -2.41. The van der Waals surface area contributed by atoms with Crippen molar-refractivity contribution >= 4 is 23.4 Å².